The molecule has 1 amide bonds. The maximum absolute atomic E-state index is 11.4. The number of halogens is 1. The first kappa shape index (κ1) is 23.5. The van der Waals surface area contributed by atoms with E-state index in [-0.39, 0.29) is 17.2 Å². The summed E-state index contributed by atoms with van der Waals surface area (Å²) in [5.74, 6) is 0.656. The molecule has 1 unspecified atom stereocenters. The second kappa shape index (κ2) is 11.4. The molecule has 1 atom stereocenters. The first-order chi connectivity index (χ1) is 13.8. The molecule has 0 spiro atoms. The Hall–Kier alpha value is -1.79. The maximum atomic E-state index is 11.4. The molecular weight excluding hydrogens is 386 g/mol. The number of hydrogen-bond acceptors (Lipinski definition) is 3. The summed E-state index contributed by atoms with van der Waals surface area (Å²) in [4.78, 5) is 18.1. The number of amides is 1. The lowest BCUT2D eigenvalue weighted by Gasteiger charge is -2.31. The number of carbonyl (C=O) groups is 1. The topological polar surface area (TPSA) is 82.8 Å². The molecule has 6 nitrogen and oxygen atoms in total. The van der Waals surface area contributed by atoms with Crippen molar-refractivity contribution >= 4 is 23.5 Å². The van der Waals surface area contributed by atoms with E-state index in [2.05, 4.69) is 40.4 Å². The van der Waals surface area contributed by atoms with Gasteiger partial charge in [0.15, 0.2) is 5.96 Å². The number of hydrogen-bond donors (Lipinski definition) is 3. The molecular formula is C22H36ClN5O. The summed E-state index contributed by atoms with van der Waals surface area (Å²) in [7, 11) is 1.79. The monoisotopic (exact) mass is 421 g/mol. The average Bonchev–Trinajstić information content (AvgIpc) is 2.67. The normalized spacial score (nSPS) is 18.5. The molecule has 0 aromatic heterocycles. The maximum Gasteiger partial charge on any atom is 0.221 e. The van der Waals surface area contributed by atoms with E-state index in [1.807, 2.05) is 18.2 Å². The predicted molar refractivity (Wildman–Crippen MR) is 121 cm³/mol. The van der Waals surface area contributed by atoms with Crippen LogP contribution >= 0.6 is 11.6 Å². The lowest BCUT2D eigenvalue weighted by Crippen LogP contribution is -2.44. The molecule has 1 aliphatic heterocycles. The molecule has 1 aromatic rings. The zero-order valence-electron chi connectivity index (χ0n) is 18.0. The quantitative estimate of drug-likeness (QED) is 0.325. The molecule has 1 heterocycles. The number of nitrogens with two attached hydrogens (primary N) is 1. The standard InChI is InChI=1S/C22H36ClN5O/c1-22(2,14-17-7-4-9-19(23)13-17)16-27-21(25-3)26-10-6-12-28-11-5-8-18(15-28)20(24)29/h4,7,9,13,18H,5-6,8,10-12,14-16H2,1-3H3,(H2,24,29)(H2,25,26,27). The zero-order chi connectivity index (χ0) is 21.3. The summed E-state index contributed by atoms with van der Waals surface area (Å²) in [6.45, 7) is 8.93. The second-order valence-corrected chi connectivity index (χ2v) is 9.16. The molecule has 1 aromatic carbocycles. The molecule has 1 saturated heterocycles. The van der Waals surface area contributed by atoms with Crippen molar-refractivity contribution in [3.63, 3.8) is 0 Å². The van der Waals surface area contributed by atoms with Crippen LogP contribution in [0.1, 0.15) is 38.7 Å². The van der Waals surface area contributed by atoms with E-state index in [1.165, 1.54) is 5.56 Å². The highest BCUT2D eigenvalue weighted by Gasteiger charge is 2.23. The molecule has 4 N–H and O–H groups in total. The fourth-order valence-electron chi connectivity index (χ4n) is 3.81. The Morgan fingerprint density at radius 1 is 1.38 bits per heavy atom. The second-order valence-electron chi connectivity index (χ2n) is 8.72. The largest absolute Gasteiger partial charge is 0.369 e. The molecule has 0 aliphatic carbocycles. The molecule has 0 radical (unpaired) electrons. The first-order valence-corrected chi connectivity index (χ1v) is 10.9. The van der Waals surface area contributed by atoms with Gasteiger partial charge in [0, 0.05) is 31.7 Å². The number of nitrogens with one attached hydrogen (secondary N) is 2. The number of benzene rings is 1. The summed E-state index contributed by atoms with van der Waals surface area (Å²) in [5, 5.41) is 7.60. The van der Waals surface area contributed by atoms with Gasteiger partial charge in [-0.2, -0.15) is 0 Å². The van der Waals surface area contributed by atoms with Crippen LogP contribution in [0.5, 0.6) is 0 Å². The molecule has 0 saturated carbocycles. The van der Waals surface area contributed by atoms with Crippen LogP contribution in [0.4, 0.5) is 0 Å². The summed E-state index contributed by atoms with van der Waals surface area (Å²) >= 11 is 6.10. The van der Waals surface area contributed by atoms with Gasteiger partial charge in [0.2, 0.25) is 5.91 Å². The van der Waals surface area contributed by atoms with Crippen LogP contribution in [-0.2, 0) is 11.2 Å². The SMILES string of the molecule is CN=C(NCCCN1CCCC(C(N)=O)C1)NCC(C)(C)Cc1cccc(Cl)c1. The van der Waals surface area contributed by atoms with Gasteiger partial charge in [-0.3, -0.25) is 9.79 Å². The van der Waals surface area contributed by atoms with Crippen LogP contribution in [-0.4, -0.2) is 56.5 Å². The Bertz CT molecular complexity index is 692. The van der Waals surface area contributed by atoms with Crippen molar-refractivity contribution in [3.8, 4) is 0 Å². The van der Waals surface area contributed by atoms with Gasteiger partial charge >= 0.3 is 0 Å². The van der Waals surface area contributed by atoms with E-state index in [0.717, 1.165) is 69.4 Å². The number of carbonyl (C=O) groups excluding carboxylic acids is 1. The third-order valence-corrected chi connectivity index (χ3v) is 5.62. The number of likely N-dealkylation sites (tertiary alicyclic amines) is 1. The Morgan fingerprint density at radius 2 is 2.17 bits per heavy atom. The van der Waals surface area contributed by atoms with Crippen molar-refractivity contribution < 1.29 is 4.79 Å². The number of nitrogens with zero attached hydrogens (tertiary/aromatic N) is 2. The van der Waals surface area contributed by atoms with Crippen LogP contribution in [0, 0.1) is 11.3 Å². The van der Waals surface area contributed by atoms with Crippen molar-refractivity contribution in [1.82, 2.24) is 15.5 Å². The van der Waals surface area contributed by atoms with E-state index >= 15 is 0 Å². The van der Waals surface area contributed by atoms with E-state index in [1.54, 1.807) is 7.05 Å². The van der Waals surface area contributed by atoms with Crippen LogP contribution in [0.2, 0.25) is 5.02 Å². The molecule has 1 fully saturated rings. The minimum Gasteiger partial charge on any atom is -0.369 e. The molecule has 2 rings (SSSR count). The Morgan fingerprint density at radius 3 is 2.86 bits per heavy atom. The molecule has 1 aliphatic rings. The smallest absolute Gasteiger partial charge is 0.221 e. The fraction of sp³-hybridized carbons (Fsp3) is 0.636. The Balaban J connectivity index is 1.68. The van der Waals surface area contributed by atoms with Gasteiger partial charge in [0.05, 0.1) is 5.92 Å². The third kappa shape index (κ3) is 8.62. The van der Waals surface area contributed by atoms with Gasteiger partial charge in [-0.25, -0.2) is 0 Å². The fourth-order valence-corrected chi connectivity index (χ4v) is 4.02. The van der Waals surface area contributed by atoms with Gasteiger partial charge in [-0.05, 0) is 61.9 Å². The summed E-state index contributed by atoms with van der Waals surface area (Å²) in [6, 6.07) is 8.04. The van der Waals surface area contributed by atoms with Crippen LogP contribution in [0.25, 0.3) is 0 Å². The lowest BCUT2D eigenvalue weighted by atomic mass is 9.86. The van der Waals surface area contributed by atoms with Crippen LogP contribution in [0.3, 0.4) is 0 Å². The third-order valence-electron chi connectivity index (χ3n) is 5.38. The first-order valence-electron chi connectivity index (χ1n) is 10.5. The van der Waals surface area contributed by atoms with E-state index in [0.29, 0.717) is 0 Å². The molecule has 0 bridgehead atoms. The van der Waals surface area contributed by atoms with Crippen LogP contribution < -0.4 is 16.4 Å². The van der Waals surface area contributed by atoms with Gasteiger partial charge in [0.25, 0.3) is 0 Å². The highest BCUT2D eigenvalue weighted by Crippen LogP contribution is 2.22. The molecule has 29 heavy (non-hydrogen) atoms. The van der Waals surface area contributed by atoms with Crippen LogP contribution in [0.15, 0.2) is 29.3 Å². The lowest BCUT2D eigenvalue weighted by molar-refractivity contribution is -0.123. The molecule has 7 heteroatoms. The van der Waals surface area contributed by atoms with E-state index in [9.17, 15) is 4.79 Å². The minimum atomic E-state index is -0.169. The van der Waals surface area contributed by atoms with Crippen molar-refractivity contribution in [2.24, 2.45) is 22.1 Å². The van der Waals surface area contributed by atoms with E-state index in [4.69, 9.17) is 17.3 Å². The average molecular weight is 422 g/mol. The van der Waals surface area contributed by atoms with E-state index < -0.39 is 0 Å². The van der Waals surface area contributed by atoms with Gasteiger partial charge < -0.3 is 21.3 Å². The van der Waals surface area contributed by atoms with Gasteiger partial charge in [-0.1, -0.05) is 37.6 Å². The summed E-state index contributed by atoms with van der Waals surface area (Å²) in [6.07, 6.45) is 3.91. The number of guanidine groups is 1. The Kier molecular flexibility index (Phi) is 9.24. The van der Waals surface area contributed by atoms with Crippen molar-refractivity contribution in [1.29, 1.82) is 0 Å². The van der Waals surface area contributed by atoms with Crippen molar-refractivity contribution in [3.05, 3.63) is 34.9 Å². The molecule has 162 valence electrons. The highest BCUT2D eigenvalue weighted by atomic mass is 35.5. The number of piperidine rings is 1. The Labute approximate surface area is 180 Å². The summed E-state index contributed by atoms with van der Waals surface area (Å²) in [5.41, 5.74) is 6.77. The minimum absolute atomic E-state index is 0.00729. The highest BCUT2D eigenvalue weighted by molar-refractivity contribution is 6.30. The zero-order valence-corrected chi connectivity index (χ0v) is 18.8. The predicted octanol–water partition coefficient (Wildman–Crippen LogP) is 2.66. The number of aliphatic imine (C=N–C) groups is 1. The van der Waals surface area contributed by atoms with Gasteiger partial charge in [-0.15, -0.1) is 0 Å². The summed E-state index contributed by atoms with van der Waals surface area (Å²) < 4.78 is 0. The number of primary amides is 1. The van der Waals surface area contributed by atoms with Crippen molar-refractivity contribution in [2.45, 2.75) is 39.5 Å². The number of rotatable bonds is 9. The van der Waals surface area contributed by atoms with Crippen molar-refractivity contribution in [2.75, 3.05) is 39.8 Å². The van der Waals surface area contributed by atoms with Gasteiger partial charge in [0.1, 0.15) is 0 Å².